The second kappa shape index (κ2) is 6.27. The molecule has 110 valence electrons. The van der Waals surface area contributed by atoms with Crippen molar-refractivity contribution in [2.75, 3.05) is 13.1 Å². The number of nitrogens with zero attached hydrogens (tertiary/aromatic N) is 2. The molecule has 6 heteroatoms. The maximum Gasteiger partial charge on any atom is 0.410 e. The number of hydrogen-bond acceptors (Lipinski definition) is 4. The van der Waals surface area contributed by atoms with Crippen LogP contribution in [0.2, 0.25) is 0 Å². The number of carbonyl (C=O) groups is 2. The van der Waals surface area contributed by atoms with Crippen molar-refractivity contribution in [3.05, 3.63) is 35.9 Å². The number of carboxylic acid groups (broad SMARTS) is 1. The Morgan fingerprint density at radius 3 is 2.71 bits per heavy atom. The van der Waals surface area contributed by atoms with E-state index in [2.05, 4.69) is 0 Å². The second-order valence-corrected chi connectivity index (χ2v) is 5.06. The van der Waals surface area contributed by atoms with Crippen molar-refractivity contribution in [2.45, 2.75) is 19.4 Å². The summed E-state index contributed by atoms with van der Waals surface area (Å²) in [7, 11) is 0. The van der Waals surface area contributed by atoms with Crippen molar-refractivity contribution >= 4 is 12.1 Å². The van der Waals surface area contributed by atoms with Crippen LogP contribution in [0.15, 0.2) is 30.3 Å². The van der Waals surface area contributed by atoms with Gasteiger partial charge in [0.1, 0.15) is 6.61 Å². The molecule has 1 aliphatic heterocycles. The van der Waals surface area contributed by atoms with Gasteiger partial charge in [-0.1, -0.05) is 30.3 Å². The van der Waals surface area contributed by atoms with Crippen molar-refractivity contribution in [3.63, 3.8) is 0 Å². The normalized spacial score (nSPS) is 21.4. The smallest absolute Gasteiger partial charge is 0.410 e. The zero-order valence-electron chi connectivity index (χ0n) is 11.5. The van der Waals surface area contributed by atoms with Crippen molar-refractivity contribution in [1.29, 1.82) is 5.26 Å². The lowest BCUT2D eigenvalue weighted by atomic mass is 9.81. The molecule has 1 unspecified atom stereocenters. The topological polar surface area (TPSA) is 90.6 Å². The van der Waals surface area contributed by atoms with Gasteiger partial charge in [-0.25, -0.2) is 4.79 Å². The predicted molar refractivity (Wildman–Crippen MR) is 73.1 cm³/mol. The molecule has 2 rings (SSSR count). The summed E-state index contributed by atoms with van der Waals surface area (Å²) >= 11 is 0. The Balaban J connectivity index is 1.97. The number of amides is 1. The maximum atomic E-state index is 12.0. The van der Waals surface area contributed by atoms with Crippen molar-refractivity contribution in [2.24, 2.45) is 5.41 Å². The molecule has 0 radical (unpaired) electrons. The van der Waals surface area contributed by atoms with E-state index in [-0.39, 0.29) is 19.6 Å². The quantitative estimate of drug-likeness (QED) is 0.918. The molecule has 1 heterocycles. The first-order valence-corrected chi connectivity index (χ1v) is 6.68. The number of hydrogen-bond donors (Lipinski definition) is 1. The fourth-order valence-corrected chi connectivity index (χ4v) is 2.34. The van der Waals surface area contributed by atoms with Gasteiger partial charge in [-0.3, -0.25) is 4.79 Å². The number of benzene rings is 1. The van der Waals surface area contributed by atoms with Gasteiger partial charge in [-0.05, 0) is 18.4 Å². The summed E-state index contributed by atoms with van der Waals surface area (Å²) in [5.74, 6) is -1.19. The van der Waals surface area contributed by atoms with E-state index in [1.807, 2.05) is 36.4 Å². The van der Waals surface area contributed by atoms with Gasteiger partial charge in [0.05, 0.1) is 12.6 Å². The zero-order valence-corrected chi connectivity index (χ0v) is 11.5. The minimum absolute atomic E-state index is 0.128. The number of likely N-dealkylation sites (tertiary alicyclic amines) is 1. The molecule has 1 aromatic carbocycles. The van der Waals surface area contributed by atoms with Gasteiger partial charge < -0.3 is 14.7 Å². The molecule has 1 fully saturated rings. The van der Waals surface area contributed by atoms with E-state index in [1.165, 1.54) is 4.90 Å². The first kappa shape index (κ1) is 14.9. The second-order valence-electron chi connectivity index (χ2n) is 5.06. The third-order valence-corrected chi connectivity index (χ3v) is 3.58. The van der Waals surface area contributed by atoms with E-state index in [0.29, 0.717) is 13.0 Å². The number of carbonyl (C=O) groups excluding carboxylic acids is 1. The van der Waals surface area contributed by atoms with Gasteiger partial charge in [0, 0.05) is 6.54 Å². The molecule has 0 aromatic heterocycles. The third-order valence-electron chi connectivity index (χ3n) is 3.58. The Morgan fingerprint density at radius 1 is 1.38 bits per heavy atom. The SMILES string of the molecule is N#CC1(C(=O)O)CCCN(C(=O)OCc2ccccc2)C1. The lowest BCUT2D eigenvalue weighted by molar-refractivity contribution is -0.147. The molecule has 0 spiro atoms. The van der Waals surface area contributed by atoms with Crippen LogP contribution < -0.4 is 0 Å². The van der Waals surface area contributed by atoms with Gasteiger partial charge >= 0.3 is 12.1 Å². The van der Waals surface area contributed by atoms with Gasteiger partial charge in [0.25, 0.3) is 0 Å². The molecule has 21 heavy (non-hydrogen) atoms. The summed E-state index contributed by atoms with van der Waals surface area (Å²) in [6, 6.07) is 11.0. The minimum atomic E-state index is -1.52. The largest absolute Gasteiger partial charge is 0.480 e. The lowest BCUT2D eigenvalue weighted by Crippen LogP contribution is -2.49. The molecule has 1 atom stereocenters. The third kappa shape index (κ3) is 3.31. The average molecular weight is 288 g/mol. The Morgan fingerprint density at radius 2 is 2.10 bits per heavy atom. The molecular formula is C15H16N2O4. The van der Waals surface area contributed by atoms with E-state index < -0.39 is 17.5 Å². The molecule has 0 aliphatic carbocycles. The van der Waals surface area contributed by atoms with Crippen molar-refractivity contribution in [3.8, 4) is 6.07 Å². The van der Waals surface area contributed by atoms with Crippen LogP contribution in [0.1, 0.15) is 18.4 Å². The summed E-state index contributed by atoms with van der Waals surface area (Å²) in [6.07, 6.45) is 0.140. The van der Waals surface area contributed by atoms with Crippen LogP contribution in [-0.4, -0.2) is 35.2 Å². The number of nitriles is 1. The van der Waals surface area contributed by atoms with Crippen molar-refractivity contribution < 1.29 is 19.4 Å². The van der Waals surface area contributed by atoms with Crippen LogP contribution in [0, 0.1) is 16.7 Å². The average Bonchev–Trinajstić information content (AvgIpc) is 2.53. The number of aliphatic carboxylic acids is 1. The van der Waals surface area contributed by atoms with Crippen LogP contribution in [0.4, 0.5) is 4.79 Å². The van der Waals surface area contributed by atoms with E-state index in [1.54, 1.807) is 0 Å². The summed E-state index contributed by atoms with van der Waals surface area (Å²) in [5.41, 5.74) is -0.669. The van der Waals surface area contributed by atoms with E-state index in [0.717, 1.165) is 5.56 Å². The monoisotopic (exact) mass is 288 g/mol. The van der Waals surface area contributed by atoms with Gasteiger partial charge in [-0.2, -0.15) is 5.26 Å². The molecule has 6 nitrogen and oxygen atoms in total. The first-order chi connectivity index (χ1) is 10.1. The van der Waals surface area contributed by atoms with Crippen molar-refractivity contribution in [1.82, 2.24) is 4.90 Å². The minimum Gasteiger partial charge on any atom is -0.480 e. The Kier molecular flexibility index (Phi) is 4.43. The zero-order chi connectivity index (χ0) is 15.3. The van der Waals surface area contributed by atoms with Crippen LogP contribution in [0.5, 0.6) is 0 Å². The number of rotatable bonds is 3. The van der Waals surface area contributed by atoms with Gasteiger partial charge in [0.2, 0.25) is 0 Å². The van der Waals surface area contributed by atoms with Crippen LogP contribution in [0.3, 0.4) is 0 Å². The Labute approximate surface area is 122 Å². The van der Waals surface area contributed by atoms with E-state index >= 15 is 0 Å². The maximum absolute atomic E-state index is 12.0. The Hall–Kier alpha value is -2.55. The number of carboxylic acids is 1. The lowest BCUT2D eigenvalue weighted by Gasteiger charge is -2.34. The van der Waals surface area contributed by atoms with E-state index in [9.17, 15) is 14.7 Å². The molecular weight excluding hydrogens is 272 g/mol. The number of ether oxygens (including phenoxy) is 1. The summed E-state index contributed by atoms with van der Waals surface area (Å²) in [6.45, 7) is 0.402. The molecule has 1 aliphatic rings. The molecule has 1 aromatic rings. The van der Waals surface area contributed by atoms with Crippen LogP contribution in [0.25, 0.3) is 0 Å². The summed E-state index contributed by atoms with van der Waals surface area (Å²) < 4.78 is 5.17. The van der Waals surface area contributed by atoms with Gasteiger partial charge in [0.15, 0.2) is 5.41 Å². The highest BCUT2D eigenvalue weighted by Crippen LogP contribution is 2.30. The highest BCUT2D eigenvalue weighted by molar-refractivity contribution is 5.80. The first-order valence-electron chi connectivity index (χ1n) is 6.68. The Bertz CT molecular complexity index is 567. The highest BCUT2D eigenvalue weighted by Gasteiger charge is 2.44. The summed E-state index contributed by atoms with van der Waals surface area (Å²) in [4.78, 5) is 24.5. The summed E-state index contributed by atoms with van der Waals surface area (Å²) in [5, 5.41) is 18.3. The molecule has 0 bridgehead atoms. The molecule has 1 N–H and O–H groups in total. The molecule has 1 saturated heterocycles. The predicted octanol–water partition coefficient (Wildman–Crippen LogP) is 2.01. The van der Waals surface area contributed by atoms with Crippen LogP contribution >= 0.6 is 0 Å². The highest BCUT2D eigenvalue weighted by atomic mass is 16.6. The van der Waals surface area contributed by atoms with E-state index in [4.69, 9.17) is 10.00 Å². The fourth-order valence-electron chi connectivity index (χ4n) is 2.34. The van der Waals surface area contributed by atoms with Crippen LogP contribution in [-0.2, 0) is 16.1 Å². The fraction of sp³-hybridized carbons (Fsp3) is 0.400. The molecule has 0 saturated carbocycles. The standard InChI is InChI=1S/C15H16N2O4/c16-10-15(13(18)19)7-4-8-17(11-15)14(20)21-9-12-5-2-1-3-6-12/h1-3,5-6H,4,7-9,11H2,(H,18,19). The molecule has 1 amide bonds. The number of piperidine rings is 1. The van der Waals surface area contributed by atoms with Gasteiger partial charge in [-0.15, -0.1) is 0 Å².